The predicted octanol–water partition coefficient (Wildman–Crippen LogP) is 2.79. The minimum Gasteiger partial charge on any atom is -0.305 e. The van der Waals surface area contributed by atoms with Crippen molar-refractivity contribution in [2.24, 2.45) is 0 Å². The number of carbonyl (C=O) groups is 1. The lowest BCUT2D eigenvalue weighted by Crippen LogP contribution is -2.14. The van der Waals surface area contributed by atoms with E-state index >= 15 is 0 Å². The number of hydrogen-bond donors (Lipinski definition) is 2. The van der Waals surface area contributed by atoms with Crippen LogP contribution in [0.3, 0.4) is 0 Å². The number of halogens is 1. The van der Waals surface area contributed by atoms with Gasteiger partial charge in [-0.2, -0.15) is 5.10 Å². The van der Waals surface area contributed by atoms with Crippen LogP contribution in [0, 0.1) is 10.1 Å². The summed E-state index contributed by atoms with van der Waals surface area (Å²) < 4.78 is 0. The lowest BCUT2D eigenvalue weighted by atomic mass is 10.1. The van der Waals surface area contributed by atoms with Crippen molar-refractivity contribution in [1.29, 1.82) is 0 Å². The molecule has 1 aromatic heterocycles. The number of H-pyrrole nitrogens is 1. The number of nitro groups is 1. The number of carbonyl (C=O) groups excluding carboxylic acids is 1. The van der Waals surface area contributed by atoms with Crippen LogP contribution in [0.2, 0.25) is 5.02 Å². The minimum absolute atomic E-state index is 0.0690. The van der Waals surface area contributed by atoms with Gasteiger partial charge < -0.3 is 5.32 Å². The number of amides is 1. The summed E-state index contributed by atoms with van der Waals surface area (Å²) in [6.07, 6.45) is 0.740. The molecule has 104 valence electrons. The first-order valence-electron chi connectivity index (χ1n) is 5.81. The monoisotopic (exact) mass is 294 g/mol. The molecule has 0 saturated carbocycles. The minimum atomic E-state index is -0.650. The van der Waals surface area contributed by atoms with Crippen LogP contribution in [0.4, 0.5) is 11.5 Å². The second-order valence-electron chi connectivity index (χ2n) is 4.00. The molecule has 0 unspecified atom stereocenters. The second kappa shape index (κ2) is 5.70. The fourth-order valence-corrected chi connectivity index (χ4v) is 1.80. The van der Waals surface area contributed by atoms with Crippen LogP contribution in [0.1, 0.15) is 23.0 Å². The third kappa shape index (κ3) is 2.94. The Bertz CT molecular complexity index is 668. The average Bonchev–Trinajstić information content (AvgIpc) is 2.86. The van der Waals surface area contributed by atoms with Crippen LogP contribution in [0.15, 0.2) is 24.3 Å². The van der Waals surface area contributed by atoms with Crippen molar-refractivity contribution in [2.75, 3.05) is 5.32 Å². The number of aromatic nitrogens is 2. The van der Waals surface area contributed by atoms with Gasteiger partial charge in [-0.15, -0.1) is 0 Å². The molecule has 0 spiro atoms. The number of aromatic amines is 1. The van der Waals surface area contributed by atoms with Gasteiger partial charge in [0, 0.05) is 22.8 Å². The zero-order valence-corrected chi connectivity index (χ0v) is 11.3. The molecule has 2 rings (SSSR count). The number of rotatable bonds is 4. The fraction of sp³-hybridized carbons (Fsp3) is 0.167. The molecule has 0 atom stereocenters. The molecule has 0 fully saturated rings. The lowest BCUT2D eigenvalue weighted by molar-refractivity contribution is -0.385. The Balaban J connectivity index is 2.27. The van der Waals surface area contributed by atoms with Crippen LogP contribution in [0.5, 0.6) is 0 Å². The summed E-state index contributed by atoms with van der Waals surface area (Å²) in [5, 5.41) is 20.3. The number of nitro benzene ring substituents is 1. The van der Waals surface area contributed by atoms with Crippen molar-refractivity contribution in [2.45, 2.75) is 13.3 Å². The molecule has 0 bridgehead atoms. The van der Waals surface area contributed by atoms with Crippen molar-refractivity contribution >= 4 is 29.0 Å². The molecule has 1 heterocycles. The van der Waals surface area contributed by atoms with Crippen molar-refractivity contribution in [3.05, 3.63) is 50.7 Å². The van der Waals surface area contributed by atoms with E-state index in [4.69, 9.17) is 11.6 Å². The highest BCUT2D eigenvalue weighted by Crippen LogP contribution is 2.24. The van der Waals surface area contributed by atoms with E-state index in [-0.39, 0.29) is 16.3 Å². The zero-order valence-electron chi connectivity index (χ0n) is 10.5. The predicted molar refractivity (Wildman–Crippen MR) is 74.0 cm³/mol. The zero-order chi connectivity index (χ0) is 14.7. The maximum absolute atomic E-state index is 12.0. The fourth-order valence-electron chi connectivity index (χ4n) is 1.64. The normalized spacial score (nSPS) is 10.3. The molecule has 1 aromatic carbocycles. The number of benzene rings is 1. The van der Waals surface area contributed by atoms with Gasteiger partial charge in [0.15, 0.2) is 5.82 Å². The summed E-state index contributed by atoms with van der Waals surface area (Å²) in [5.74, 6) is -0.293. The van der Waals surface area contributed by atoms with Crippen molar-refractivity contribution in [3.8, 4) is 0 Å². The van der Waals surface area contributed by atoms with Crippen LogP contribution in [-0.4, -0.2) is 21.0 Å². The van der Waals surface area contributed by atoms with Crippen molar-refractivity contribution < 1.29 is 9.72 Å². The van der Waals surface area contributed by atoms with Gasteiger partial charge in [-0.25, -0.2) is 0 Å². The summed E-state index contributed by atoms with van der Waals surface area (Å²) in [6.45, 7) is 1.93. The van der Waals surface area contributed by atoms with E-state index in [9.17, 15) is 14.9 Å². The van der Waals surface area contributed by atoms with Gasteiger partial charge in [-0.1, -0.05) is 18.5 Å². The van der Waals surface area contributed by atoms with Gasteiger partial charge >= 0.3 is 0 Å². The molecule has 7 nitrogen and oxygen atoms in total. The largest absolute Gasteiger partial charge is 0.305 e. The number of anilines is 1. The highest BCUT2D eigenvalue weighted by atomic mass is 35.5. The van der Waals surface area contributed by atoms with E-state index in [1.807, 2.05) is 6.92 Å². The highest BCUT2D eigenvalue weighted by Gasteiger charge is 2.21. The molecular weight excluding hydrogens is 284 g/mol. The molecule has 8 heteroatoms. The van der Waals surface area contributed by atoms with E-state index in [1.165, 1.54) is 12.1 Å². The molecule has 1 amide bonds. The summed E-state index contributed by atoms with van der Waals surface area (Å²) >= 11 is 5.69. The Hall–Kier alpha value is -2.41. The molecule has 20 heavy (non-hydrogen) atoms. The second-order valence-corrected chi connectivity index (χ2v) is 4.44. The Labute approximate surface area is 119 Å². The molecule has 2 aromatic rings. The van der Waals surface area contributed by atoms with Gasteiger partial charge in [0.2, 0.25) is 0 Å². The van der Waals surface area contributed by atoms with Gasteiger partial charge in [-0.3, -0.25) is 20.0 Å². The van der Waals surface area contributed by atoms with Crippen LogP contribution in [-0.2, 0) is 6.42 Å². The Morgan fingerprint density at radius 2 is 2.25 bits per heavy atom. The summed E-state index contributed by atoms with van der Waals surface area (Å²) in [7, 11) is 0. The number of nitrogens with one attached hydrogen (secondary N) is 2. The molecule has 0 aliphatic rings. The highest BCUT2D eigenvalue weighted by molar-refractivity contribution is 6.31. The summed E-state index contributed by atoms with van der Waals surface area (Å²) in [5.41, 5.74) is 0.438. The van der Waals surface area contributed by atoms with Gasteiger partial charge in [0.05, 0.1) is 4.92 Å². The summed E-state index contributed by atoms with van der Waals surface area (Å²) in [4.78, 5) is 22.3. The first-order chi connectivity index (χ1) is 9.51. The lowest BCUT2D eigenvalue weighted by Gasteiger charge is -2.03. The smallest absolute Gasteiger partial charge is 0.283 e. The number of nitrogens with zero attached hydrogens (tertiary/aromatic N) is 2. The average molecular weight is 295 g/mol. The third-order valence-electron chi connectivity index (χ3n) is 2.65. The molecule has 0 radical (unpaired) electrons. The SMILES string of the molecule is CCc1cc(NC(=O)c2ccc(Cl)cc2[N+](=O)[O-])n[nH]1. The maximum Gasteiger partial charge on any atom is 0.283 e. The quantitative estimate of drug-likeness (QED) is 0.668. The van der Waals surface area contributed by atoms with E-state index < -0.39 is 10.8 Å². The molecular formula is C12H11ClN4O3. The van der Waals surface area contributed by atoms with Gasteiger partial charge in [0.1, 0.15) is 5.56 Å². The molecule has 0 saturated heterocycles. The van der Waals surface area contributed by atoms with Crippen LogP contribution < -0.4 is 5.32 Å². The van der Waals surface area contributed by atoms with Crippen molar-refractivity contribution in [3.63, 3.8) is 0 Å². The van der Waals surface area contributed by atoms with Gasteiger partial charge in [-0.05, 0) is 18.6 Å². The molecule has 2 N–H and O–H groups in total. The molecule has 0 aliphatic carbocycles. The van der Waals surface area contributed by atoms with Gasteiger partial charge in [0.25, 0.3) is 11.6 Å². The topological polar surface area (TPSA) is 101 Å². The van der Waals surface area contributed by atoms with E-state index in [0.29, 0.717) is 5.82 Å². The third-order valence-corrected chi connectivity index (χ3v) is 2.89. The first kappa shape index (κ1) is 14.0. The van der Waals surface area contributed by atoms with E-state index in [1.54, 1.807) is 6.07 Å². The molecule has 0 aliphatic heterocycles. The number of hydrogen-bond acceptors (Lipinski definition) is 4. The Kier molecular flexibility index (Phi) is 3.99. The first-order valence-corrected chi connectivity index (χ1v) is 6.18. The van der Waals surface area contributed by atoms with E-state index in [2.05, 4.69) is 15.5 Å². The van der Waals surface area contributed by atoms with Crippen molar-refractivity contribution in [1.82, 2.24) is 10.2 Å². The summed E-state index contributed by atoms with van der Waals surface area (Å²) in [6, 6.07) is 5.53. The Morgan fingerprint density at radius 1 is 1.50 bits per heavy atom. The maximum atomic E-state index is 12.0. The standard InChI is InChI=1S/C12H11ClN4O3/c1-2-8-6-11(16-15-8)14-12(18)9-4-3-7(13)5-10(9)17(19)20/h3-6H,2H2,1H3,(H2,14,15,16,18). The Morgan fingerprint density at radius 3 is 2.85 bits per heavy atom. The van der Waals surface area contributed by atoms with Crippen LogP contribution in [0.25, 0.3) is 0 Å². The number of aryl methyl sites for hydroxylation is 1. The van der Waals surface area contributed by atoms with E-state index in [0.717, 1.165) is 18.2 Å². The van der Waals surface area contributed by atoms with Crippen LogP contribution >= 0.6 is 11.6 Å².